The molecule has 4 heteroatoms. The number of nitrogens with zero attached hydrogens (tertiary/aromatic N) is 1. The lowest BCUT2D eigenvalue weighted by Crippen LogP contribution is -2.21. The number of hydrogen-bond acceptors (Lipinski definition) is 3. The Kier molecular flexibility index (Phi) is 2.84. The van der Waals surface area contributed by atoms with Gasteiger partial charge in [0, 0.05) is 13.1 Å². The van der Waals surface area contributed by atoms with Crippen LogP contribution in [0.1, 0.15) is 19.3 Å². The maximum atomic E-state index is 10.5. The van der Waals surface area contributed by atoms with Crippen molar-refractivity contribution in [3.05, 3.63) is 0 Å². The molecule has 1 aliphatic heterocycles. The van der Waals surface area contributed by atoms with E-state index >= 15 is 0 Å². The van der Waals surface area contributed by atoms with E-state index in [2.05, 4.69) is 0 Å². The van der Waals surface area contributed by atoms with E-state index < -0.39 is 5.97 Å². The Labute approximate surface area is 65.4 Å². The molecule has 0 aromatic heterocycles. The maximum Gasteiger partial charge on any atom is 0.306 e. The smallest absolute Gasteiger partial charge is 0.306 e. The van der Waals surface area contributed by atoms with Crippen molar-refractivity contribution in [3.63, 3.8) is 0 Å². The van der Waals surface area contributed by atoms with E-state index in [0.717, 1.165) is 6.42 Å². The number of hydrogen-bond donors (Lipinski definition) is 2. The number of carboxylic acids is 1. The molecule has 1 unspecified atom stereocenters. The summed E-state index contributed by atoms with van der Waals surface area (Å²) < 4.78 is 0. The summed E-state index contributed by atoms with van der Waals surface area (Å²) in [4.78, 5) is 10.5. The van der Waals surface area contributed by atoms with Crippen LogP contribution in [0.15, 0.2) is 0 Å². The van der Waals surface area contributed by atoms with Gasteiger partial charge in [-0.25, -0.2) is 0 Å². The van der Waals surface area contributed by atoms with Crippen LogP contribution in [0.25, 0.3) is 0 Å². The standard InChI is InChI=1S/C7H13NO3/c9-7(10)6-2-1-4-8(11)5-3-6/h6,11H,1-5H2,(H,9,10). The van der Waals surface area contributed by atoms with Crippen LogP contribution in [0.2, 0.25) is 0 Å². The molecule has 0 saturated carbocycles. The Morgan fingerprint density at radius 2 is 2.09 bits per heavy atom. The van der Waals surface area contributed by atoms with Crippen molar-refractivity contribution < 1.29 is 15.1 Å². The predicted molar refractivity (Wildman–Crippen MR) is 38.3 cm³/mol. The van der Waals surface area contributed by atoms with Crippen LogP contribution in [0.4, 0.5) is 0 Å². The van der Waals surface area contributed by atoms with E-state index in [0.29, 0.717) is 25.9 Å². The molecule has 0 aromatic rings. The SMILES string of the molecule is O=C(O)C1CCCN(O)CC1. The lowest BCUT2D eigenvalue weighted by molar-refractivity contribution is -0.142. The fourth-order valence-electron chi connectivity index (χ4n) is 1.33. The summed E-state index contributed by atoms with van der Waals surface area (Å²) >= 11 is 0. The minimum absolute atomic E-state index is 0.257. The number of rotatable bonds is 1. The molecule has 1 aliphatic rings. The fourth-order valence-corrected chi connectivity index (χ4v) is 1.33. The first-order chi connectivity index (χ1) is 5.20. The van der Waals surface area contributed by atoms with E-state index in [-0.39, 0.29) is 5.92 Å². The highest BCUT2D eigenvalue weighted by atomic mass is 16.5. The third kappa shape index (κ3) is 2.48. The molecule has 0 aromatic carbocycles. The number of hydroxylamine groups is 2. The van der Waals surface area contributed by atoms with E-state index in [1.807, 2.05) is 0 Å². The first-order valence-electron chi connectivity index (χ1n) is 3.87. The average Bonchev–Trinajstić information content (AvgIpc) is 2.13. The van der Waals surface area contributed by atoms with Gasteiger partial charge in [0.15, 0.2) is 0 Å². The lowest BCUT2D eigenvalue weighted by atomic mass is 10.0. The van der Waals surface area contributed by atoms with E-state index in [1.165, 1.54) is 5.06 Å². The molecule has 11 heavy (non-hydrogen) atoms. The van der Waals surface area contributed by atoms with E-state index in [4.69, 9.17) is 10.3 Å². The second-order valence-electron chi connectivity index (χ2n) is 2.92. The molecule has 1 fully saturated rings. The summed E-state index contributed by atoms with van der Waals surface area (Å²) in [6.07, 6.45) is 2.02. The van der Waals surface area contributed by atoms with Crippen molar-refractivity contribution in [2.75, 3.05) is 13.1 Å². The summed E-state index contributed by atoms with van der Waals surface area (Å²) in [6.45, 7) is 1.08. The van der Waals surface area contributed by atoms with Crippen LogP contribution in [0.3, 0.4) is 0 Å². The molecule has 0 amide bonds. The zero-order valence-electron chi connectivity index (χ0n) is 6.36. The largest absolute Gasteiger partial charge is 0.481 e. The van der Waals surface area contributed by atoms with Gasteiger partial charge in [-0.15, -0.1) is 0 Å². The molecular weight excluding hydrogens is 146 g/mol. The summed E-state index contributed by atoms with van der Waals surface area (Å²) in [5.41, 5.74) is 0. The molecule has 64 valence electrons. The highest BCUT2D eigenvalue weighted by Gasteiger charge is 2.21. The van der Waals surface area contributed by atoms with Gasteiger partial charge >= 0.3 is 5.97 Å². The van der Waals surface area contributed by atoms with Crippen molar-refractivity contribution >= 4 is 5.97 Å². The Bertz CT molecular complexity index is 149. The van der Waals surface area contributed by atoms with Gasteiger partial charge in [0.05, 0.1) is 5.92 Å². The lowest BCUT2D eigenvalue weighted by Gasteiger charge is -2.09. The second kappa shape index (κ2) is 3.69. The van der Waals surface area contributed by atoms with Crippen LogP contribution >= 0.6 is 0 Å². The van der Waals surface area contributed by atoms with Crippen molar-refractivity contribution in [1.82, 2.24) is 5.06 Å². The Morgan fingerprint density at radius 3 is 2.73 bits per heavy atom. The van der Waals surface area contributed by atoms with Crippen molar-refractivity contribution in [2.45, 2.75) is 19.3 Å². The summed E-state index contributed by atoms with van der Waals surface area (Å²) in [5, 5.41) is 18.9. The third-order valence-electron chi connectivity index (χ3n) is 2.05. The van der Waals surface area contributed by atoms with Gasteiger partial charge < -0.3 is 10.3 Å². The van der Waals surface area contributed by atoms with Gasteiger partial charge in [0.25, 0.3) is 0 Å². The van der Waals surface area contributed by atoms with Crippen molar-refractivity contribution in [1.29, 1.82) is 0 Å². The monoisotopic (exact) mass is 159 g/mol. The maximum absolute atomic E-state index is 10.5. The zero-order chi connectivity index (χ0) is 8.27. The van der Waals surface area contributed by atoms with Gasteiger partial charge in [0.1, 0.15) is 0 Å². The topological polar surface area (TPSA) is 60.8 Å². The molecule has 0 spiro atoms. The molecule has 2 N–H and O–H groups in total. The van der Waals surface area contributed by atoms with Gasteiger partial charge in [-0.1, -0.05) is 0 Å². The van der Waals surface area contributed by atoms with Crippen molar-refractivity contribution in [3.8, 4) is 0 Å². The molecule has 1 heterocycles. The molecule has 0 radical (unpaired) electrons. The normalized spacial score (nSPS) is 27.9. The molecule has 1 saturated heterocycles. The first-order valence-corrected chi connectivity index (χ1v) is 3.87. The summed E-state index contributed by atoms with van der Waals surface area (Å²) in [7, 11) is 0. The van der Waals surface area contributed by atoms with Gasteiger partial charge in [0.2, 0.25) is 0 Å². The van der Waals surface area contributed by atoms with Crippen LogP contribution in [0, 0.1) is 5.92 Å². The van der Waals surface area contributed by atoms with Crippen LogP contribution in [-0.2, 0) is 4.79 Å². The minimum atomic E-state index is -0.736. The Balaban J connectivity index is 2.40. The summed E-state index contributed by atoms with van der Waals surface area (Å²) in [6, 6.07) is 0. The van der Waals surface area contributed by atoms with Gasteiger partial charge in [-0.05, 0) is 19.3 Å². The zero-order valence-corrected chi connectivity index (χ0v) is 6.36. The van der Waals surface area contributed by atoms with Crippen LogP contribution in [-0.4, -0.2) is 34.4 Å². The van der Waals surface area contributed by atoms with E-state index in [9.17, 15) is 4.79 Å². The molecule has 1 rings (SSSR count). The Hall–Kier alpha value is -0.610. The Morgan fingerprint density at radius 1 is 1.36 bits per heavy atom. The number of carboxylic acid groups (broad SMARTS) is 1. The van der Waals surface area contributed by atoms with Gasteiger partial charge in [-0.3, -0.25) is 4.79 Å². The van der Waals surface area contributed by atoms with Crippen LogP contribution < -0.4 is 0 Å². The molecule has 1 atom stereocenters. The highest BCUT2D eigenvalue weighted by molar-refractivity contribution is 5.69. The molecule has 0 aliphatic carbocycles. The second-order valence-corrected chi connectivity index (χ2v) is 2.92. The number of carbonyl (C=O) groups is 1. The number of aliphatic carboxylic acids is 1. The molecular formula is C7H13NO3. The summed E-state index contributed by atoms with van der Waals surface area (Å²) in [5.74, 6) is -0.993. The van der Waals surface area contributed by atoms with Gasteiger partial charge in [-0.2, -0.15) is 5.06 Å². The fraction of sp³-hybridized carbons (Fsp3) is 0.857. The highest BCUT2D eigenvalue weighted by Crippen LogP contribution is 2.16. The average molecular weight is 159 g/mol. The van der Waals surface area contributed by atoms with Crippen molar-refractivity contribution in [2.24, 2.45) is 5.92 Å². The minimum Gasteiger partial charge on any atom is -0.481 e. The predicted octanol–water partition coefficient (Wildman–Crippen LogP) is 0.562. The van der Waals surface area contributed by atoms with Crippen LogP contribution in [0.5, 0.6) is 0 Å². The van der Waals surface area contributed by atoms with E-state index in [1.54, 1.807) is 0 Å². The molecule has 0 bridgehead atoms. The first kappa shape index (κ1) is 8.49. The third-order valence-corrected chi connectivity index (χ3v) is 2.05. The quantitative estimate of drug-likeness (QED) is 0.587. The molecule has 4 nitrogen and oxygen atoms in total.